The van der Waals surface area contributed by atoms with Crippen LogP contribution < -0.4 is 47.7 Å². The van der Waals surface area contributed by atoms with Crippen LogP contribution in [0.5, 0.6) is 46.0 Å². The summed E-state index contributed by atoms with van der Waals surface area (Å²) in [6.45, 7) is 24.1. The third-order valence-electron chi connectivity index (χ3n) is 20.2. The van der Waals surface area contributed by atoms with E-state index in [0.29, 0.717) is 54.7 Å². The molecule has 14 rings (SSSR count). The Morgan fingerprint density at radius 1 is 0.426 bits per heavy atom. The largest absolute Gasteiger partial charge is 0.492 e. The van der Waals surface area contributed by atoms with Crippen LogP contribution in [0.4, 0.5) is 11.4 Å². The number of methoxy groups -OCH3 is 4. The summed E-state index contributed by atoms with van der Waals surface area (Å²) in [6.07, 6.45) is 34.6. The summed E-state index contributed by atoms with van der Waals surface area (Å²) in [5.74, 6) is 6.48. The number of amides is 3. The van der Waals surface area contributed by atoms with Gasteiger partial charge in [0.15, 0.2) is 52.3 Å². The van der Waals surface area contributed by atoms with Crippen LogP contribution in [-0.2, 0) is 40.6 Å². The maximum atomic E-state index is 13.6. The third-order valence-corrected chi connectivity index (χ3v) is 20.2. The Bertz CT molecular complexity index is 4590. The zero-order valence-electron chi connectivity index (χ0n) is 65.7. The van der Waals surface area contributed by atoms with Gasteiger partial charge in [0.05, 0.1) is 47.1 Å². The summed E-state index contributed by atoms with van der Waals surface area (Å²) >= 11 is 0. The van der Waals surface area contributed by atoms with Crippen molar-refractivity contribution < 1.29 is 57.1 Å². The molecule has 15 heteroatoms. The first kappa shape index (κ1) is 78.5. The molecule has 7 aliphatic rings. The minimum absolute atomic E-state index is 0.121. The number of aryl methyl sites for hydroxylation is 1. The van der Waals surface area contributed by atoms with Crippen molar-refractivity contribution in [3.63, 3.8) is 0 Å². The summed E-state index contributed by atoms with van der Waals surface area (Å²) in [7, 11) is 6.54. The second-order valence-corrected chi connectivity index (χ2v) is 31.0. The molecular weight excluding hydrogens is 1350 g/mol. The van der Waals surface area contributed by atoms with Gasteiger partial charge < -0.3 is 52.6 Å². The standard InChI is InChI=1S/C28H35NO3.2C26H29NO3.C13H14O3/c1-20-10-12-21(13-11-20)18-29(27(30)23-8-6-5-7-9-23)19-24-15-14-22-16-17-28(2,3)32-26(22)25(24)31-4;1-5-7-18-8-6-9-22(16-18)27(25(28)20-11-12-20)17-21-13-10-19-14-15-26(2,3)30-24(19)23(21)29-4;1-5-6-18-7-13-22(14-8-18)27(25(28)20-10-11-20)17-21-12-9-19-15-16-26(2,3)30-24(19)23(21)29-4;1-13(2)7-6-9-4-5-10(8-14)11(15-3)12(9)16-13/h10-17,23H,5-9,18-19H2,1-4H3;5-10,13-16,20H,11-12,17H2,1-4H3;5-9,12-16,20H,10-11,17H2,1-4H3;4-8H,1-3H3/b;7-5+;6-5+;. The summed E-state index contributed by atoms with van der Waals surface area (Å²) in [6, 6.07) is 40.6. The van der Waals surface area contributed by atoms with Gasteiger partial charge in [0.2, 0.25) is 17.7 Å². The Kier molecular flexibility index (Phi) is 24.8. The highest BCUT2D eigenvalue weighted by Gasteiger charge is 2.38. The highest BCUT2D eigenvalue weighted by molar-refractivity contribution is 5.98. The van der Waals surface area contributed by atoms with E-state index in [9.17, 15) is 19.2 Å². The zero-order chi connectivity index (χ0) is 77.1. The lowest BCUT2D eigenvalue weighted by atomic mass is 9.88. The number of carbonyl (C=O) groups is 4. The SMILES string of the molecule is C/C=C/c1ccc(N(Cc2ccc3c(c2OC)OC(C)(C)C=C3)C(=O)C2CC2)cc1.C/C=C/c1cccc(N(Cc2ccc3c(c2OC)OC(C)(C)C=C3)C(=O)C2CC2)c1.COc1c(C=O)ccc2c1OC(C)(C)C=C2.COc1c(CN(Cc2ccc(C)cc2)C(=O)C2CCCCC2)ccc2c1OC(C)(C)C=C2. The van der Waals surface area contributed by atoms with Crippen LogP contribution in [0, 0.1) is 24.7 Å². The van der Waals surface area contributed by atoms with Crippen molar-refractivity contribution >= 4 is 71.8 Å². The van der Waals surface area contributed by atoms with E-state index < -0.39 is 16.8 Å². The average Bonchev–Trinajstić information content (AvgIpc) is 0.871. The number of allylic oxidation sites excluding steroid dienone is 2. The minimum Gasteiger partial charge on any atom is -0.492 e. The maximum Gasteiger partial charge on any atom is 0.230 e. The van der Waals surface area contributed by atoms with E-state index in [-0.39, 0.29) is 41.1 Å². The first-order chi connectivity index (χ1) is 51.8. The quantitative estimate of drug-likeness (QED) is 0.0668. The number of nitrogens with zero attached hydrogens (tertiary/aromatic N) is 3. The predicted molar refractivity (Wildman–Crippen MR) is 434 cm³/mol. The van der Waals surface area contributed by atoms with Gasteiger partial charge in [0, 0.05) is 81.2 Å². The van der Waals surface area contributed by atoms with Crippen LogP contribution in [0.3, 0.4) is 0 Å². The Balaban J connectivity index is 0.000000147. The summed E-state index contributed by atoms with van der Waals surface area (Å²) in [5, 5.41) is 0. The van der Waals surface area contributed by atoms with Crippen LogP contribution in [-0.4, -0.2) is 79.8 Å². The van der Waals surface area contributed by atoms with Crippen molar-refractivity contribution in [2.45, 2.75) is 183 Å². The van der Waals surface area contributed by atoms with Crippen molar-refractivity contribution in [1.82, 2.24) is 4.90 Å². The number of benzene rings is 7. The predicted octanol–water partition coefficient (Wildman–Crippen LogP) is 20.7. The van der Waals surface area contributed by atoms with Crippen molar-refractivity contribution in [3.05, 3.63) is 225 Å². The fourth-order valence-corrected chi connectivity index (χ4v) is 14.0. The van der Waals surface area contributed by atoms with Gasteiger partial charge in [0.1, 0.15) is 22.4 Å². The molecule has 0 aromatic heterocycles. The second-order valence-electron chi connectivity index (χ2n) is 31.0. The van der Waals surface area contributed by atoms with E-state index in [1.54, 1.807) is 27.4 Å². The van der Waals surface area contributed by atoms with Crippen LogP contribution >= 0.6 is 0 Å². The van der Waals surface area contributed by atoms with Crippen LogP contribution in [0.25, 0.3) is 36.5 Å². The van der Waals surface area contributed by atoms with Gasteiger partial charge in [-0.05, 0) is 186 Å². The molecule has 3 saturated carbocycles. The van der Waals surface area contributed by atoms with Gasteiger partial charge in [-0.2, -0.15) is 0 Å². The lowest BCUT2D eigenvalue weighted by molar-refractivity contribution is -0.138. The molecule has 108 heavy (non-hydrogen) atoms. The minimum atomic E-state index is -0.400. The van der Waals surface area contributed by atoms with E-state index in [1.165, 1.54) is 19.1 Å². The molecule has 0 N–H and O–H groups in total. The molecule has 4 aliphatic heterocycles. The molecule has 7 aromatic rings. The fourth-order valence-electron chi connectivity index (χ4n) is 14.0. The van der Waals surface area contributed by atoms with E-state index in [1.807, 2.05) is 199 Å². The highest BCUT2D eigenvalue weighted by Crippen LogP contribution is 2.47. The Labute approximate surface area is 639 Å². The first-order valence-corrected chi connectivity index (χ1v) is 38.0. The van der Waals surface area contributed by atoms with E-state index >= 15 is 0 Å². The summed E-state index contributed by atoms with van der Waals surface area (Å²) < 4.78 is 47.1. The van der Waals surface area contributed by atoms with E-state index in [4.69, 9.17) is 37.9 Å². The van der Waals surface area contributed by atoms with Crippen molar-refractivity contribution in [2.24, 2.45) is 17.8 Å². The molecule has 0 radical (unpaired) electrons. The van der Waals surface area contributed by atoms with Gasteiger partial charge in [-0.25, -0.2) is 0 Å². The van der Waals surface area contributed by atoms with Crippen molar-refractivity contribution in [3.8, 4) is 46.0 Å². The topological polar surface area (TPSA) is 152 Å². The van der Waals surface area contributed by atoms with Crippen molar-refractivity contribution in [2.75, 3.05) is 38.2 Å². The average molecular weight is 1460 g/mol. The summed E-state index contributed by atoms with van der Waals surface area (Å²) in [4.78, 5) is 56.6. The normalized spacial score (nSPS) is 16.9. The molecule has 0 atom stereocenters. The van der Waals surface area contributed by atoms with Gasteiger partial charge in [-0.3, -0.25) is 19.2 Å². The number of hydrogen-bond acceptors (Lipinski definition) is 12. The molecule has 3 aliphatic carbocycles. The first-order valence-electron chi connectivity index (χ1n) is 38.0. The number of fused-ring (bicyclic) bond motifs is 4. The van der Waals surface area contributed by atoms with E-state index in [2.05, 4.69) is 79.8 Å². The molecule has 7 aromatic carbocycles. The summed E-state index contributed by atoms with van der Waals surface area (Å²) in [5.41, 5.74) is 12.1. The Hall–Kier alpha value is -10.5. The van der Waals surface area contributed by atoms with Crippen LogP contribution in [0.1, 0.15) is 199 Å². The highest BCUT2D eigenvalue weighted by atomic mass is 16.5. The van der Waals surface area contributed by atoms with Gasteiger partial charge in [-0.15, -0.1) is 0 Å². The molecule has 3 amide bonds. The smallest absolute Gasteiger partial charge is 0.230 e. The number of ether oxygens (including phenoxy) is 8. The number of anilines is 2. The molecule has 566 valence electrons. The molecule has 0 saturated heterocycles. The number of hydrogen-bond donors (Lipinski definition) is 0. The third kappa shape index (κ3) is 19.4. The van der Waals surface area contributed by atoms with Gasteiger partial charge in [0.25, 0.3) is 0 Å². The molecule has 15 nitrogen and oxygen atoms in total. The fraction of sp³-hybridized carbons (Fsp3) is 0.376. The Morgan fingerprint density at radius 2 is 0.824 bits per heavy atom. The monoisotopic (exact) mass is 1460 g/mol. The molecule has 0 unspecified atom stereocenters. The van der Waals surface area contributed by atoms with Crippen LogP contribution in [0.15, 0.2) is 158 Å². The molecule has 3 fully saturated rings. The Morgan fingerprint density at radius 3 is 1.24 bits per heavy atom. The number of rotatable bonds is 20. The van der Waals surface area contributed by atoms with Gasteiger partial charge in [-0.1, -0.05) is 164 Å². The molecule has 4 heterocycles. The molecule has 0 spiro atoms. The van der Waals surface area contributed by atoms with Gasteiger partial charge >= 0.3 is 0 Å². The zero-order valence-corrected chi connectivity index (χ0v) is 65.7. The van der Waals surface area contributed by atoms with E-state index in [0.717, 1.165) is 148 Å². The molecule has 0 bridgehead atoms. The number of aldehydes is 1. The van der Waals surface area contributed by atoms with Crippen molar-refractivity contribution in [1.29, 1.82) is 0 Å². The van der Waals surface area contributed by atoms with Crippen LogP contribution in [0.2, 0.25) is 0 Å². The molecular formula is C93H107N3O12. The second kappa shape index (κ2) is 34.1. The lowest BCUT2D eigenvalue weighted by Crippen LogP contribution is -2.36. The number of carbonyl (C=O) groups excluding carboxylic acids is 4. The maximum absolute atomic E-state index is 13.6. The lowest BCUT2D eigenvalue weighted by Gasteiger charge is -2.32.